The van der Waals surface area contributed by atoms with Crippen molar-refractivity contribution in [2.75, 3.05) is 7.11 Å². The lowest BCUT2D eigenvalue weighted by Crippen LogP contribution is -2.27. The number of ether oxygens (including phenoxy) is 1. The molecule has 0 amide bonds. The molecule has 0 saturated carbocycles. The van der Waals surface area contributed by atoms with Crippen molar-refractivity contribution in [1.82, 2.24) is 9.97 Å². The molecule has 0 aliphatic carbocycles. The highest BCUT2D eigenvalue weighted by molar-refractivity contribution is 5.22. The summed E-state index contributed by atoms with van der Waals surface area (Å²) in [6.45, 7) is 6.18. The highest BCUT2D eigenvalue weighted by Crippen LogP contribution is 2.32. The van der Waals surface area contributed by atoms with E-state index in [1.54, 1.807) is 19.5 Å². The van der Waals surface area contributed by atoms with Gasteiger partial charge in [-0.3, -0.25) is 4.98 Å². The minimum atomic E-state index is -0.175. The second kappa shape index (κ2) is 3.92. The Morgan fingerprint density at radius 1 is 1.29 bits per heavy atom. The van der Waals surface area contributed by atoms with Gasteiger partial charge in [0.05, 0.1) is 13.2 Å². The molecule has 0 spiro atoms. The number of nitrogens with two attached hydrogens (primary N) is 1. The SMILES string of the molecule is COc1nccnc1C(N)C(C)(C)C. The van der Waals surface area contributed by atoms with E-state index in [1.807, 2.05) is 0 Å². The Morgan fingerprint density at radius 2 is 1.86 bits per heavy atom. The average Bonchev–Trinajstić information content (AvgIpc) is 2.15. The molecule has 4 heteroatoms. The van der Waals surface area contributed by atoms with Crippen molar-refractivity contribution in [1.29, 1.82) is 0 Å². The van der Waals surface area contributed by atoms with Crippen LogP contribution in [0, 0.1) is 5.41 Å². The van der Waals surface area contributed by atoms with Crippen LogP contribution >= 0.6 is 0 Å². The van der Waals surface area contributed by atoms with Gasteiger partial charge in [-0.1, -0.05) is 20.8 Å². The molecule has 0 radical (unpaired) electrons. The van der Waals surface area contributed by atoms with Gasteiger partial charge in [0.2, 0.25) is 5.88 Å². The van der Waals surface area contributed by atoms with Crippen molar-refractivity contribution in [2.45, 2.75) is 26.8 Å². The van der Waals surface area contributed by atoms with Crippen LogP contribution in [0.4, 0.5) is 0 Å². The first-order valence-corrected chi connectivity index (χ1v) is 4.57. The summed E-state index contributed by atoms with van der Waals surface area (Å²) < 4.78 is 5.11. The molecular formula is C10H17N3O. The molecule has 0 saturated heterocycles. The molecule has 0 aromatic carbocycles. The van der Waals surface area contributed by atoms with E-state index in [0.717, 1.165) is 0 Å². The third-order valence-electron chi connectivity index (χ3n) is 2.11. The molecule has 2 N–H and O–H groups in total. The van der Waals surface area contributed by atoms with Crippen molar-refractivity contribution >= 4 is 0 Å². The largest absolute Gasteiger partial charge is 0.480 e. The molecule has 0 aliphatic heterocycles. The van der Waals surface area contributed by atoms with Crippen LogP contribution in [0.2, 0.25) is 0 Å². The van der Waals surface area contributed by atoms with Gasteiger partial charge in [0.15, 0.2) is 0 Å². The number of hydrogen-bond acceptors (Lipinski definition) is 4. The van der Waals surface area contributed by atoms with Crippen LogP contribution in [-0.2, 0) is 0 Å². The fourth-order valence-electron chi connectivity index (χ4n) is 1.12. The molecule has 0 aliphatic rings. The van der Waals surface area contributed by atoms with Crippen LogP contribution in [0.15, 0.2) is 12.4 Å². The summed E-state index contributed by atoms with van der Waals surface area (Å²) in [6.07, 6.45) is 3.22. The summed E-state index contributed by atoms with van der Waals surface area (Å²) in [6, 6.07) is -0.175. The standard InChI is InChI=1S/C10H17N3O/c1-10(2,3)8(11)7-9(14-4)13-6-5-12-7/h5-6,8H,11H2,1-4H3. The summed E-state index contributed by atoms with van der Waals surface area (Å²) in [5.41, 5.74) is 6.72. The van der Waals surface area contributed by atoms with Crippen LogP contribution in [0.5, 0.6) is 5.88 Å². The Morgan fingerprint density at radius 3 is 2.36 bits per heavy atom. The van der Waals surface area contributed by atoms with Crippen molar-refractivity contribution in [3.05, 3.63) is 18.1 Å². The molecule has 1 heterocycles. The number of hydrogen-bond donors (Lipinski definition) is 1. The Hall–Kier alpha value is -1.16. The maximum absolute atomic E-state index is 6.07. The zero-order valence-corrected chi connectivity index (χ0v) is 9.11. The summed E-state index contributed by atoms with van der Waals surface area (Å²) >= 11 is 0. The Kier molecular flexibility index (Phi) is 3.06. The zero-order valence-electron chi connectivity index (χ0n) is 9.11. The van der Waals surface area contributed by atoms with E-state index >= 15 is 0 Å². The molecule has 1 atom stereocenters. The Bertz CT molecular complexity index is 306. The normalized spacial score (nSPS) is 13.8. The van der Waals surface area contributed by atoms with Crippen LogP contribution in [0.3, 0.4) is 0 Å². The average molecular weight is 195 g/mol. The molecule has 14 heavy (non-hydrogen) atoms. The fraction of sp³-hybridized carbons (Fsp3) is 0.600. The molecular weight excluding hydrogens is 178 g/mol. The van der Waals surface area contributed by atoms with Gasteiger partial charge in [0.25, 0.3) is 0 Å². The summed E-state index contributed by atoms with van der Waals surface area (Å²) in [7, 11) is 1.57. The van der Waals surface area contributed by atoms with Gasteiger partial charge < -0.3 is 10.5 Å². The third-order valence-corrected chi connectivity index (χ3v) is 2.11. The molecule has 1 aromatic rings. The molecule has 4 nitrogen and oxygen atoms in total. The predicted octanol–water partition coefficient (Wildman–Crippen LogP) is 1.53. The van der Waals surface area contributed by atoms with Gasteiger partial charge in [-0.05, 0) is 5.41 Å². The maximum atomic E-state index is 6.07. The first-order chi connectivity index (χ1) is 6.46. The van der Waals surface area contributed by atoms with E-state index in [0.29, 0.717) is 11.6 Å². The van der Waals surface area contributed by atoms with E-state index in [1.165, 1.54) is 0 Å². The number of aromatic nitrogens is 2. The van der Waals surface area contributed by atoms with Gasteiger partial charge in [-0.25, -0.2) is 4.98 Å². The van der Waals surface area contributed by atoms with Crippen molar-refractivity contribution < 1.29 is 4.74 Å². The Labute approximate surface area is 84.5 Å². The molecule has 1 aromatic heterocycles. The fourth-order valence-corrected chi connectivity index (χ4v) is 1.12. The summed E-state index contributed by atoms with van der Waals surface area (Å²) in [5.74, 6) is 0.509. The zero-order chi connectivity index (χ0) is 10.8. The molecule has 78 valence electrons. The topological polar surface area (TPSA) is 61.0 Å². The van der Waals surface area contributed by atoms with Crippen LogP contribution in [-0.4, -0.2) is 17.1 Å². The second-order valence-corrected chi connectivity index (χ2v) is 4.29. The monoisotopic (exact) mass is 195 g/mol. The van der Waals surface area contributed by atoms with Crippen molar-refractivity contribution in [3.8, 4) is 5.88 Å². The summed E-state index contributed by atoms with van der Waals surface area (Å²) in [4.78, 5) is 8.27. The highest BCUT2D eigenvalue weighted by Gasteiger charge is 2.26. The van der Waals surface area contributed by atoms with Crippen LogP contribution in [0.1, 0.15) is 32.5 Å². The minimum absolute atomic E-state index is 0.0523. The van der Waals surface area contributed by atoms with E-state index in [4.69, 9.17) is 10.5 Å². The van der Waals surface area contributed by atoms with Gasteiger partial charge in [0.1, 0.15) is 5.69 Å². The molecule has 0 bridgehead atoms. The smallest absolute Gasteiger partial charge is 0.237 e. The maximum Gasteiger partial charge on any atom is 0.237 e. The lowest BCUT2D eigenvalue weighted by Gasteiger charge is -2.26. The van der Waals surface area contributed by atoms with Crippen LogP contribution in [0.25, 0.3) is 0 Å². The third kappa shape index (κ3) is 2.20. The summed E-state index contributed by atoms with van der Waals surface area (Å²) in [5, 5.41) is 0. The molecule has 0 fully saturated rings. The van der Waals surface area contributed by atoms with E-state index < -0.39 is 0 Å². The highest BCUT2D eigenvalue weighted by atomic mass is 16.5. The quantitative estimate of drug-likeness (QED) is 0.777. The lowest BCUT2D eigenvalue weighted by molar-refractivity contribution is 0.303. The van der Waals surface area contributed by atoms with Gasteiger partial charge >= 0.3 is 0 Å². The first-order valence-electron chi connectivity index (χ1n) is 4.57. The van der Waals surface area contributed by atoms with Gasteiger partial charge in [-0.2, -0.15) is 0 Å². The van der Waals surface area contributed by atoms with Gasteiger partial charge in [0, 0.05) is 12.4 Å². The van der Waals surface area contributed by atoms with Gasteiger partial charge in [-0.15, -0.1) is 0 Å². The molecule has 1 rings (SSSR count). The van der Waals surface area contributed by atoms with Crippen LogP contribution < -0.4 is 10.5 Å². The van der Waals surface area contributed by atoms with Crippen molar-refractivity contribution in [2.24, 2.45) is 11.1 Å². The molecule has 1 unspecified atom stereocenters. The number of methoxy groups -OCH3 is 1. The van der Waals surface area contributed by atoms with Crippen molar-refractivity contribution in [3.63, 3.8) is 0 Å². The predicted molar refractivity (Wildman–Crippen MR) is 55.0 cm³/mol. The number of rotatable bonds is 2. The number of nitrogens with zero attached hydrogens (tertiary/aromatic N) is 2. The first kappa shape index (κ1) is 10.9. The second-order valence-electron chi connectivity index (χ2n) is 4.29. The minimum Gasteiger partial charge on any atom is -0.480 e. The van der Waals surface area contributed by atoms with E-state index in [9.17, 15) is 0 Å². The van der Waals surface area contributed by atoms with E-state index in [2.05, 4.69) is 30.7 Å². The Balaban J connectivity index is 3.06. The van der Waals surface area contributed by atoms with E-state index in [-0.39, 0.29) is 11.5 Å². The lowest BCUT2D eigenvalue weighted by atomic mass is 9.85.